The van der Waals surface area contributed by atoms with Gasteiger partial charge in [0, 0.05) is 11.1 Å². The smallest absolute Gasteiger partial charge is 0.414 e. The lowest BCUT2D eigenvalue weighted by atomic mass is 10.2. The molecule has 0 aliphatic carbocycles. The number of halogens is 1. The zero-order chi connectivity index (χ0) is 22.8. The Labute approximate surface area is 181 Å². The van der Waals surface area contributed by atoms with Crippen LogP contribution in [0.1, 0.15) is 26.5 Å². The van der Waals surface area contributed by atoms with Gasteiger partial charge in [-0.15, -0.1) is 0 Å². The minimum absolute atomic E-state index is 0.0358. The predicted octanol–water partition coefficient (Wildman–Crippen LogP) is 5.17. The lowest BCUT2D eigenvalue weighted by molar-refractivity contribution is 0.145. The van der Waals surface area contributed by atoms with E-state index in [4.69, 9.17) is 14.7 Å². The maximum Gasteiger partial charge on any atom is 0.414 e. The van der Waals surface area contributed by atoms with Gasteiger partial charge in [0.2, 0.25) is 0 Å². The molecule has 1 fully saturated rings. The second kappa shape index (κ2) is 8.70. The van der Waals surface area contributed by atoms with Crippen molar-refractivity contribution in [1.82, 2.24) is 9.55 Å². The molecule has 2 aromatic rings. The van der Waals surface area contributed by atoms with Gasteiger partial charge < -0.3 is 13.7 Å². The first-order valence-electron chi connectivity index (χ1n) is 9.97. The fourth-order valence-electron chi connectivity index (χ4n) is 2.87. The number of azide groups is 1. The van der Waals surface area contributed by atoms with E-state index in [-0.39, 0.29) is 18.1 Å². The van der Waals surface area contributed by atoms with E-state index in [0.717, 1.165) is 5.69 Å². The van der Waals surface area contributed by atoms with Gasteiger partial charge in [0.1, 0.15) is 11.9 Å². The van der Waals surface area contributed by atoms with E-state index in [1.54, 1.807) is 29.2 Å². The molecule has 0 N–H and O–H groups in total. The number of amides is 1. The number of cyclic esters (lactones) is 1. The number of imidazole rings is 1. The molecule has 1 aromatic carbocycles. The number of hydrogen-bond acceptors (Lipinski definition) is 5. The number of carbonyl (C=O) groups excluding carboxylic acids is 1. The van der Waals surface area contributed by atoms with Gasteiger partial charge in [-0.05, 0) is 41.9 Å². The number of carbonyl (C=O) groups is 1. The first-order chi connectivity index (χ1) is 14.5. The van der Waals surface area contributed by atoms with Crippen molar-refractivity contribution in [2.45, 2.75) is 51.6 Å². The summed E-state index contributed by atoms with van der Waals surface area (Å²) in [6.07, 6.45) is 2.13. The average Bonchev–Trinajstić information content (AvgIpc) is 3.30. The minimum Gasteiger partial charge on any atom is -0.444 e. The molecule has 0 spiro atoms. The van der Waals surface area contributed by atoms with Crippen LogP contribution in [0.4, 0.5) is 14.9 Å². The third kappa shape index (κ3) is 5.06. The molecule has 0 saturated carbocycles. The molecule has 9 nitrogen and oxygen atoms in total. The van der Waals surface area contributed by atoms with Gasteiger partial charge >= 0.3 is 6.09 Å². The largest absolute Gasteiger partial charge is 0.444 e. The van der Waals surface area contributed by atoms with Crippen molar-refractivity contribution in [3.05, 3.63) is 52.7 Å². The molecule has 1 aromatic heterocycles. The second-order valence-corrected chi connectivity index (χ2v) is 13.8. The Morgan fingerprint density at radius 1 is 1.42 bits per heavy atom. The number of hydrogen-bond donors (Lipinski definition) is 0. The van der Waals surface area contributed by atoms with Crippen LogP contribution in [0.25, 0.3) is 16.1 Å². The summed E-state index contributed by atoms with van der Waals surface area (Å²) in [6.45, 7) is 11.4. The van der Waals surface area contributed by atoms with Gasteiger partial charge in [-0.2, -0.15) is 0 Å². The highest BCUT2D eigenvalue weighted by molar-refractivity contribution is 6.74. The van der Waals surface area contributed by atoms with Crippen LogP contribution in [0.5, 0.6) is 0 Å². The number of benzene rings is 1. The molecule has 1 atom stereocenters. The molecule has 1 saturated heterocycles. The number of nitrogens with zero attached hydrogens (tertiary/aromatic N) is 6. The van der Waals surface area contributed by atoms with Crippen LogP contribution < -0.4 is 4.90 Å². The molecule has 0 bridgehead atoms. The Balaban J connectivity index is 1.71. The lowest BCUT2D eigenvalue weighted by Gasteiger charge is -2.35. The van der Waals surface area contributed by atoms with Crippen molar-refractivity contribution in [3.8, 4) is 5.69 Å². The molecule has 1 unspecified atom stereocenters. The quantitative estimate of drug-likeness (QED) is 0.253. The van der Waals surface area contributed by atoms with Crippen LogP contribution in [0, 0.1) is 5.82 Å². The maximum absolute atomic E-state index is 14.8. The summed E-state index contributed by atoms with van der Waals surface area (Å²) >= 11 is 0. The van der Waals surface area contributed by atoms with E-state index in [2.05, 4.69) is 48.9 Å². The Bertz CT molecular complexity index is 1010. The molecule has 1 aliphatic heterocycles. The molecule has 3 rings (SSSR count). The van der Waals surface area contributed by atoms with Crippen molar-refractivity contribution >= 4 is 20.1 Å². The summed E-state index contributed by atoms with van der Waals surface area (Å²) in [7, 11) is -1.91. The summed E-state index contributed by atoms with van der Waals surface area (Å²) < 4.78 is 27.7. The van der Waals surface area contributed by atoms with Crippen molar-refractivity contribution in [2.75, 3.05) is 18.0 Å². The molecular formula is C20H27FN6O3Si. The molecule has 11 heteroatoms. The SMILES string of the molecule is CC(C)(C)[Si](C)(C)OCc1cn(-c2ccc(N3CC(CN=[N+]=[N-])OC3=O)cc2F)cn1. The van der Waals surface area contributed by atoms with Crippen LogP contribution >= 0.6 is 0 Å². The monoisotopic (exact) mass is 446 g/mol. The van der Waals surface area contributed by atoms with E-state index in [9.17, 15) is 9.18 Å². The Morgan fingerprint density at radius 2 is 2.16 bits per heavy atom. The topological polar surface area (TPSA) is 105 Å². The fraction of sp³-hybridized carbons (Fsp3) is 0.500. The van der Waals surface area contributed by atoms with Gasteiger partial charge in [-0.3, -0.25) is 4.90 Å². The van der Waals surface area contributed by atoms with Crippen LogP contribution in [0.15, 0.2) is 35.8 Å². The zero-order valence-electron chi connectivity index (χ0n) is 18.4. The molecule has 0 radical (unpaired) electrons. The van der Waals surface area contributed by atoms with E-state index < -0.39 is 26.3 Å². The molecule has 1 aliphatic rings. The van der Waals surface area contributed by atoms with Crippen LogP contribution in [0.3, 0.4) is 0 Å². The van der Waals surface area contributed by atoms with E-state index >= 15 is 0 Å². The second-order valence-electron chi connectivity index (χ2n) is 8.99. The highest BCUT2D eigenvalue weighted by Crippen LogP contribution is 2.37. The summed E-state index contributed by atoms with van der Waals surface area (Å²) in [5.41, 5.74) is 9.81. The number of anilines is 1. The Kier molecular flexibility index (Phi) is 6.39. The average molecular weight is 447 g/mol. The third-order valence-electron chi connectivity index (χ3n) is 5.77. The van der Waals surface area contributed by atoms with Crippen LogP contribution in [0.2, 0.25) is 18.1 Å². The summed E-state index contributed by atoms with van der Waals surface area (Å²) in [6, 6.07) is 4.50. The van der Waals surface area contributed by atoms with E-state index in [0.29, 0.717) is 18.0 Å². The van der Waals surface area contributed by atoms with Crippen molar-refractivity contribution < 1.29 is 18.3 Å². The van der Waals surface area contributed by atoms with E-state index in [1.165, 1.54) is 11.0 Å². The highest BCUT2D eigenvalue weighted by Gasteiger charge is 2.37. The van der Waals surface area contributed by atoms with Crippen molar-refractivity contribution in [2.24, 2.45) is 5.11 Å². The number of aromatic nitrogens is 2. The maximum atomic E-state index is 14.8. The Hall–Kier alpha value is -2.88. The Morgan fingerprint density at radius 3 is 2.81 bits per heavy atom. The van der Waals surface area contributed by atoms with Crippen LogP contribution in [-0.2, 0) is 15.8 Å². The molecule has 31 heavy (non-hydrogen) atoms. The summed E-state index contributed by atoms with van der Waals surface area (Å²) in [4.78, 5) is 20.4. The molecule has 2 heterocycles. The zero-order valence-corrected chi connectivity index (χ0v) is 19.4. The van der Waals surface area contributed by atoms with Gasteiger partial charge in [0.25, 0.3) is 0 Å². The van der Waals surface area contributed by atoms with Crippen molar-refractivity contribution in [3.63, 3.8) is 0 Å². The lowest BCUT2D eigenvalue weighted by Crippen LogP contribution is -2.40. The standard InChI is InChI=1S/C20H27FN6O3Si/c1-20(2,3)31(4,5)29-12-14-10-26(13-23-14)18-7-6-15(8-17(18)21)27-11-16(9-24-25-22)30-19(27)28/h6-8,10,13,16H,9,11-12H2,1-5H3. The van der Waals surface area contributed by atoms with Gasteiger partial charge in [0.15, 0.2) is 8.32 Å². The molecule has 1 amide bonds. The van der Waals surface area contributed by atoms with Gasteiger partial charge in [-0.1, -0.05) is 25.9 Å². The number of rotatable bonds is 7. The predicted molar refractivity (Wildman–Crippen MR) is 117 cm³/mol. The fourth-order valence-corrected chi connectivity index (χ4v) is 3.81. The summed E-state index contributed by atoms with van der Waals surface area (Å²) in [5, 5.41) is 3.51. The van der Waals surface area contributed by atoms with E-state index in [1.807, 2.05) is 0 Å². The third-order valence-corrected chi connectivity index (χ3v) is 10.2. The summed E-state index contributed by atoms with van der Waals surface area (Å²) in [5.74, 6) is -0.502. The molecular weight excluding hydrogens is 419 g/mol. The number of ether oxygens (including phenoxy) is 1. The van der Waals surface area contributed by atoms with Crippen molar-refractivity contribution in [1.29, 1.82) is 0 Å². The first-order valence-corrected chi connectivity index (χ1v) is 12.9. The first kappa shape index (κ1) is 22.8. The van der Waals surface area contributed by atoms with Gasteiger partial charge in [-0.25, -0.2) is 14.2 Å². The van der Waals surface area contributed by atoms with Gasteiger partial charge in [0.05, 0.1) is 43.1 Å². The van der Waals surface area contributed by atoms with Crippen LogP contribution in [-0.4, -0.2) is 43.2 Å². The minimum atomic E-state index is -1.91. The highest BCUT2D eigenvalue weighted by atomic mass is 28.4. The normalized spacial score (nSPS) is 16.9. The molecule has 166 valence electrons.